The van der Waals surface area contributed by atoms with Crippen molar-refractivity contribution in [1.29, 1.82) is 0 Å². The Morgan fingerprint density at radius 2 is 1.96 bits per heavy atom. The summed E-state index contributed by atoms with van der Waals surface area (Å²) in [4.78, 5) is 45.0. The van der Waals surface area contributed by atoms with E-state index in [9.17, 15) is 33.1 Å². The zero-order valence-electron chi connectivity index (χ0n) is 15.4. The molecule has 1 aromatic rings. The summed E-state index contributed by atoms with van der Waals surface area (Å²) in [6, 6.07) is 5.19. The molecule has 1 aromatic carbocycles. The Balaban J connectivity index is 0.00000196. The predicted molar refractivity (Wildman–Crippen MR) is 85.5 cm³/mol. The van der Waals surface area contributed by atoms with Crippen molar-refractivity contribution < 1.29 is 96.9 Å². The van der Waals surface area contributed by atoms with E-state index >= 15 is 0 Å². The van der Waals surface area contributed by atoms with E-state index in [0.717, 1.165) is 12.1 Å². The summed E-state index contributed by atoms with van der Waals surface area (Å²) in [5.41, 5.74) is -3.11. The van der Waals surface area contributed by atoms with Gasteiger partial charge in [0.15, 0.2) is 11.2 Å². The molecule has 2 aliphatic heterocycles. The average molecular weight is 450 g/mol. The molecule has 3 rings (SSSR count). The normalized spacial score (nSPS) is 25.3. The Hall–Kier alpha value is 0.620. The number of aliphatic imine (C=N–C) groups is 1. The van der Waals surface area contributed by atoms with Gasteiger partial charge < -0.3 is 34.2 Å². The van der Waals surface area contributed by atoms with E-state index in [1.807, 2.05) is 0 Å². The predicted octanol–water partition coefficient (Wildman–Crippen LogP) is -6.01. The van der Waals surface area contributed by atoms with Crippen LogP contribution in [0.1, 0.15) is 18.9 Å². The molecule has 28 heavy (non-hydrogen) atoms. The Morgan fingerprint density at radius 3 is 2.46 bits per heavy atom. The van der Waals surface area contributed by atoms with Crippen LogP contribution in [0.2, 0.25) is 0 Å². The fourth-order valence-electron chi connectivity index (χ4n) is 2.75. The van der Waals surface area contributed by atoms with Crippen LogP contribution >= 0.6 is 15.2 Å². The van der Waals surface area contributed by atoms with Crippen LogP contribution in [0.5, 0.6) is 0 Å². The SMILES string of the molecule is CC(C1CC2(C=C(P(=O)(O)O)N=C(c3cccc(F)c3)N2)O1)P(=O)([O-])[O-].[Na+].[Na+]. The van der Waals surface area contributed by atoms with Crippen LogP contribution in [0, 0.1) is 5.82 Å². The van der Waals surface area contributed by atoms with Crippen LogP contribution < -0.4 is 74.2 Å². The quantitative estimate of drug-likeness (QED) is 0.303. The van der Waals surface area contributed by atoms with Crippen molar-refractivity contribution in [1.82, 2.24) is 5.32 Å². The van der Waals surface area contributed by atoms with Gasteiger partial charge in [-0.2, -0.15) is 0 Å². The number of nitrogens with one attached hydrogen (secondary N) is 1. The Labute approximate surface area is 204 Å². The van der Waals surface area contributed by atoms with Crippen molar-refractivity contribution in [3.8, 4) is 0 Å². The topological polar surface area (TPSA) is 154 Å². The maximum Gasteiger partial charge on any atom is 1.00 e. The molecule has 3 atom stereocenters. The molecule has 3 unspecified atom stereocenters. The summed E-state index contributed by atoms with van der Waals surface area (Å²) in [6.45, 7) is 1.20. The molecule has 142 valence electrons. The van der Waals surface area contributed by atoms with E-state index in [2.05, 4.69) is 10.3 Å². The van der Waals surface area contributed by atoms with Gasteiger partial charge in [-0.05, 0) is 12.1 Å². The summed E-state index contributed by atoms with van der Waals surface area (Å²) in [6.07, 6.45) is 0.0883. The van der Waals surface area contributed by atoms with Gasteiger partial charge in [-0.1, -0.05) is 26.7 Å². The number of ether oxygens (including phenoxy) is 1. The molecule has 0 aromatic heterocycles. The molecule has 2 aliphatic rings. The van der Waals surface area contributed by atoms with Crippen LogP contribution in [0.25, 0.3) is 0 Å². The van der Waals surface area contributed by atoms with E-state index in [-0.39, 0.29) is 76.9 Å². The first-order chi connectivity index (χ1) is 11.9. The molecule has 1 fully saturated rings. The third kappa shape index (κ3) is 5.86. The molecule has 0 bridgehead atoms. The third-order valence-corrected chi connectivity index (χ3v) is 6.37. The van der Waals surface area contributed by atoms with Gasteiger partial charge in [0.2, 0.25) is 0 Å². The zero-order valence-corrected chi connectivity index (χ0v) is 21.2. The fraction of sp³-hybridized carbons (Fsp3) is 0.357. The molecule has 0 saturated carbocycles. The molecule has 3 N–H and O–H groups in total. The van der Waals surface area contributed by atoms with Crippen molar-refractivity contribution in [3.63, 3.8) is 0 Å². The maximum atomic E-state index is 13.5. The van der Waals surface area contributed by atoms with E-state index in [1.54, 1.807) is 0 Å². The van der Waals surface area contributed by atoms with Crippen molar-refractivity contribution in [2.45, 2.75) is 30.8 Å². The second-order valence-corrected chi connectivity index (χ2v) is 9.61. The first-order valence-electron chi connectivity index (χ1n) is 7.51. The van der Waals surface area contributed by atoms with Crippen molar-refractivity contribution in [2.75, 3.05) is 0 Å². The molecular formula is C14H15FN2Na2O7P2. The largest absolute Gasteiger partial charge is 1.00 e. The molecule has 0 amide bonds. The molecule has 2 heterocycles. The summed E-state index contributed by atoms with van der Waals surface area (Å²) < 4.78 is 41.7. The summed E-state index contributed by atoms with van der Waals surface area (Å²) in [5, 5.41) is 2.80. The molecule has 14 heteroatoms. The van der Waals surface area contributed by atoms with E-state index in [4.69, 9.17) is 4.74 Å². The van der Waals surface area contributed by atoms with Crippen molar-refractivity contribution in [3.05, 3.63) is 47.2 Å². The van der Waals surface area contributed by atoms with E-state index in [1.165, 1.54) is 25.1 Å². The molecule has 9 nitrogen and oxygen atoms in total. The van der Waals surface area contributed by atoms with Crippen LogP contribution in [-0.4, -0.2) is 33.1 Å². The van der Waals surface area contributed by atoms with Crippen molar-refractivity contribution >= 4 is 21.0 Å². The molecular weight excluding hydrogens is 435 g/mol. The van der Waals surface area contributed by atoms with Crippen LogP contribution in [0.15, 0.2) is 40.8 Å². The van der Waals surface area contributed by atoms with E-state index in [0.29, 0.717) is 0 Å². The Morgan fingerprint density at radius 1 is 1.36 bits per heavy atom. The van der Waals surface area contributed by atoms with E-state index < -0.39 is 43.9 Å². The van der Waals surface area contributed by atoms with Crippen molar-refractivity contribution in [2.24, 2.45) is 4.99 Å². The first-order valence-corrected chi connectivity index (χ1v) is 10.7. The molecule has 1 spiro atoms. The van der Waals surface area contributed by atoms with Gasteiger partial charge in [-0.15, -0.1) is 0 Å². The average Bonchev–Trinajstić information content (AvgIpc) is 2.49. The number of benzene rings is 1. The Kier molecular flexibility index (Phi) is 8.95. The van der Waals surface area contributed by atoms with Gasteiger partial charge in [-0.25, -0.2) is 9.38 Å². The fourth-order valence-corrected chi connectivity index (χ4v) is 3.93. The molecule has 0 aliphatic carbocycles. The number of amidine groups is 1. The van der Waals surface area contributed by atoms with Crippen LogP contribution in [0.3, 0.4) is 0 Å². The van der Waals surface area contributed by atoms with Crippen LogP contribution in [0.4, 0.5) is 4.39 Å². The standard InChI is InChI=1S/C14H17FN2O7P2.2Na/c1-8(25(18,19)20)11-6-14(24-11)7-12(26(21,22)23)16-13(17-14)9-3-2-4-10(15)5-9;;/h2-5,7-8,11H,6H2,1H3,(H,16,17)(H2,18,19,20)(H2,21,22,23);;/q;2*+1/p-2. The maximum absolute atomic E-state index is 13.5. The number of hydrogen-bond donors (Lipinski definition) is 3. The summed E-state index contributed by atoms with van der Waals surface area (Å²) in [5.74, 6) is -0.614. The molecule has 1 saturated heterocycles. The van der Waals surface area contributed by atoms with Gasteiger partial charge in [0.1, 0.15) is 11.7 Å². The van der Waals surface area contributed by atoms with Gasteiger partial charge in [-0.3, -0.25) is 4.57 Å². The minimum atomic E-state index is -4.88. The summed E-state index contributed by atoms with van der Waals surface area (Å²) in [7, 11) is -9.64. The van der Waals surface area contributed by atoms with Gasteiger partial charge in [0.05, 0.1) is 6.10 Å². The van der Waals surface area contributed by atoms with Crippen LogP contribution in [-0.2, 0) is 13.9 Å². The Bertz CT molecular complexity index is 895. The van der Waals surface area contributed by atoms with Gasteiger partial charge in [0.25, 0.3) is 0 Å². The minimum Gasteiger partial charge on any atom is -0.810 e. The first kappa shape index (κ1) is 26.7. The number of rotatable bonds is 4. The van der Waals surface area contributed by atoms with Gasteiger partial charge >= 0.3 is 66.7 Å². The van der Waals surface area contributed by atoms with Gasteiger partial charge in [0, 0.05) is 23.7 Å². The number of halogens is 1. The third-order valence-electron chi connectivity index (χ3n) is 4.22. The minimum absolute atomic E-state index is 0. The number of hydrogen-bond acceptors (Lipinski definition) is 7. The second-order valence-electron chi connectivity index (χ2n) is 6.17. The second kappa shape index (κ2) is 9.40. The monoisotopic (exact) mass is 450 g/mol. The summed E-state index contributed by atoms with van der Waals surface area (Å²) >= 11 is 0. The molecule has 0 radical (unpaired) electrons. The zero-order chi connectivity index (χ0) is 19.3. The number of nitrogens with zero attached hydrogens (tertiary/aromatic N) is 1. The smallest absolute Gasteiger partial charge is 0.810 e.